The molecule has 128 valence electrons. The summed E-state index contributed by atoms with van der Waals surface area (Å²) in [4.78, 5) is 2.38. The molecule has 1 aromatic rings. The summed E-state index contributed by atoms with van der Waals surface area (Å²) >= 11 is 6.02. The average Bonchev–Trinajstić information content (AvgIpc) is 2.50. The summed E-state index contributed by atoms with van der Waals surface area (Å²) in [6, 6.07) is 6.01. The third kappa shape index (κ3) is 3.42. The first-order valence-electron chi connectivity index (χ1n) is 8.34. The van der Waals surface area contributed by atoms with Gasteiger partial charge in [0.1, 0.15) is 6.10 Å². The normalized spacial score (nSPS) is 31.4. The lowest BCUT2D eigenvalue weighted by Gasteiger charge is -2.51. The van der Waals surface area contributed by atoms with Gasteiger partial charge in [0, 0.05) is 31.1 Å². The molecule has 2 atom stereocenters. The molecule has 0 aromatic heterocycles. The van der Waals surface area contributed by atoms with E-state index in [0.717, 1.165) is 37.5 Å². The first-order valence-corrected chi connectivity index (χ1v) is 8.72. The van der Waals surface area contributed by atoms with Crippen LogP contribution in [0.2, 0.25) is 5.02 Å². The van der Waals surface area contributed by atoms with Crippen LogP contribution in [-0.4, -0.2) is 52.1 Å². The average molecular weight is 340 g/mol. The van der Waals surface area contributed by atoms with Gasteiger partial charge in [0.15, 0.2) is 0 Å². The van der Waals surface area contributed by atoms with E-state index in [9.17, 15) is 10.2 Å². The van der Waals surface area contributed by atoms with Crippen LogP contribution < -0.4 is 0 Å². The monoisotopic (exact) mass is 339 g/mol. The number of aryl methyl sites for hydroxylation is 1. The Morgan fingerprint density at radius 2 is 2.00 bits per heavy atom. The second-order valence-electron chi connectivity index (χ2n) is 7.27. The fraction of sp³-hybridized carbons (Fsp3) is 0.667. The van der Waals surface area contributed by atoms with Crippen LogP contribution >= 0.6 is 11.6 Å². The molecule has 4 nitrogen and oxygen atoms in total. The summed E-state index contributed by atoms with van der Waals surface area (Å²) in [5, 5.41) is 21.7. The van der Waals surface area contributed by atoms with Crippen LogP contribution in [0.1, 0.15) is 37.3 Å². The second kappa shape index (κ2) is 6.34. The van der Waals surface area contributed by atoms with Crippen LogP contribution in [-0.2, 0) is 11.3 Å². The summed E-state index contributed by atoms with van der Waals surface area (Å²) in [5.74, 6) is 0. The van der Waals surface area contributed by atoms with E-state index in [1.165, 1.54) is 11.1 Å². The lowest BCUT2D eigenvalue weighted by atomic mass is 9.75. The molecule has 2 aliphatic heterocycles. The predicted octanol–water partition coefficient (Wildman–Crippen LogP) is 2.52. The lowest BCUT2D eigenvalue weighted by Crippen LogP contribution is -2.64. The van der Waals surface area contributed by atoms with Crippen LogP contribution in [0.3, 0.4) is 0 Å². The number of aliphatic hydroxyl groups excluding tert-OH is 1. The molecule has 5 heteroatoms. The Bertz CT molecular complexity index is 567. The topological polar surface area (TPSA) is 52.9 Å². The fourth-order valence-electron chi connectivity index (χ4n) is 3.83. The molecule has 2 N–H and O–H groups in total. The van der Waals surface area contributed by atoms with Crippen LogP contribution in [0.4, 0.5) is 0 Å². The van der Waals surface area contributed by atoms with E-state index < -0.39 is 17.3 Å². The molecule has 0 radical (unpaired) electrons. The van der Waals surface area contributed by atoms with Crippen LogP contribution in [0, 0.1) is 6.92 Å². The van der Waals surface area contributed by atoms with Crippen molar-refractivity contribution >= 4 is 11.6 Å². The molecular formula is C18H26ClNO3. The minimum Gasteiger partial charge on any atom is -0.387 e. The molecule has 0 saturated carbocycles. The van der Waals surface area contributed by atoms with Crippen molar-refractivity contribution in [1.82, 2.24) is 4.90 Å². The standard InChI is InChI=1S/C18H26ClNO3/c1-13-11-15(19)4-3-14(13)12-20-8-5-18(6-9-20)16(21)17(2,22)7-10-23-18/h3-4,11,16,21-22H,5-10,12H2,1-2H3/t16-,17+/m0/s1. The largest absolute Gasteiger partial charge is 0.387 e. The number of likely N-dealkylation sites (tertiary alicyclic amines) is 1. The molecular weight excluding hydrogens is 314 g/mol. The number of ether oxygens (including phenoxy) is 1. The molecule has 0 bridgehead atoms. The van der Waals surface area contributed by atoms with Crippen molar-refractivity contribution in [1.29, 1.82) is 0 Å². The Labute approximate surface area is 143 Å². The van der Waals surface area contributed by atoms with Gasteiger partial charge in [-0.15, -0.1) is 0 Å². The van der Waals surface area contributed by atoms with E-state index in [1.54, 1.807) is 6.92 Å². The SMILES string of the molecule is Cc1cc(Cl)ccc1CN1CCC2(CC1)OCC[C@@](C)(O)[C@@H]2O. The maximum Gasteiger partial charge on any atom is 0.111 e. The summed E-state index contributed by atoms with van der Waals surface area (Å²) in [5.41, 5.74) is 0.845. The van der Waals surface area contributed by atoms with E-state index in [1.807, 2.05) is 12.1 Å². The molecule has 2 aliphatic rings. The van der Waals surface area contributed by atoms with Crippen LogP contribution in [0.25, 0.3) is 0 Å². The van der Waals surface area contributed by atoms with Crippen LogP contribution in [0.15, 0.2) is 18.2 Å². The number of rotatable bonds is 2. The first-order chi connectivity index (χ1) is 10.8. The molecule has 3 rings (SSSR count). The Kier molecular flexibility index (Phi) is 4.73. The number of hydrogen-bond acceptors (Lipinski definition) is 4. The van der Waals surface area contributed by atoms with Gasteiger partial charge in [0.2, 0.25) is 0 Å². The predicted molar refractivity (Wildman–Crippen MR) is 90.6 cm³/mol. The van der Waals surface area contributed by atoms with Crippen molar-refractivity contribution in [2.24, 2.45) is 0 Å². The van der Waals surface area contributed by atoms with E-state index in [-0.39, 0.29) is 0 Å². The highest BCUT2D eigenvalue weighted by atomic mass is 35.5. The molecule has 0 aliphatic carbocycles. The quantitative estimate of drug-likeness (QED) is 0.869. The highest BCUT2D eigenvalue weighted by molar-refractivity contribution is 6.30. The van der Waals surface area contributed by atoms with Gasteiger partial charge in [0.05, 0.1) is 17.8 Å². The fourth-order valence-corrected chi connectivity index (χ4v) is 4.05. The summed E-state index contributed by atoms with van der Waals surface area (Å²) in [6.07, 6.45) is 1.17. The Balaban J connectivity index is 1.64. The third-order valence-corrected chi connectivity index (χ3v) is 5.72. The van der Waals surface area contributed by atoms with E-state index in [0.29, 0.717) is 13.0 Å². The van der Waals surface area contributed by atoms with Gasteiger partial charge in [-0.2, -0.15) is 0 Å². The minimum absolute atomic E-state index is 0.490. The summed E-state index contributed by atoms with van der Waals surface area (Å²) in [7, 11) is 0. The first kappa shape index (κ1) is 17.2. The van der Waals surface area contributed by atoms with Crippen molar-refractivity contribution in [3.05, 3.63) is 34.3 Å². The smallest absolute Gasteiger partial charge is 0.111 e. The zero-order valence-corrected chi connectivity index (χ0v) is 14.6. The van der Waals surface area contributed by atoms with Gasteiger partial charge in [-0.3, -0.25) is 4.90 Å². The lowest BCUT2D eigenvalue weighted by molar-refractivity contribution is -0.246. The molecule has 1 spiro atoms. The number of hydrogen-bond donors (Lipinski definition) is 2. The van der Waals surface area contributed by atoms with Gasteiger partial charge >= 0.3 is 0 Å². The number of nitrogens with zero attached hydrogens (tertiary/aromatic N) is 1. The van der Waals surface area contributed by atoms with Crippen molar-refractivity contribution in [3.63, 3.8) is 0 Å². The van der Waals surface area contributed by atoms with Gasteiger partial charge in [-0.25, -0.2) is 0 Å². The molecule has 0 unspecified atom stereocenters. The van der Waals surface area contributed by atoms with Crippen molar-refractivity contribution < 1.29 is 14.9 Å². The van der Waals surface area contributed by atoms with Crippen molar-refractivity contribution in [2.75, 3.05) is 19.7 Å². The van der Waals surface area contributed by atoms with Crippen molar-refractivity contribution in [2.45, 2.75) is 57.0 Å². The molecule has 1 aromatic carbocycles. The van der Waals surface area contributed by atoms with Gasteiger partial charge < -0.3 is 14.9 Å². The van der Waals surface area contributed by atoms with Gasteiger partial charge in [-0.05, 0) is 49.9 Å². The van der Waals surface area contributed by atoms with Gasteiger partial charge in [-0.1, -0.05) is 17.7 Å². The molecule has 2 fully saturated rings. The Morgan fingerprint density at radius 3 is 2.65 bits per heavy atom. The summed E-state index contributed by atoms with van der Waals surface area (Å²) in [6.45, 7) is 6.90. The maximum absolute atomic E-state index is 10.6. The van der Waals surface area contributed by atoms with E-state index >= 15 is 0 Å². The Morgan fingerprint density at radius 1 is 1.30 bits per heavy atom. The molecule has 0 amide bonds. The number of benzene rings is 1. The van der Waals surface area contributed by atoms with E-state index in [2.05, 4.69) is 17.9 Å². The Hall–Kier alpha value is -0.650. The zero-order valence-electron chi connectivity index (χ0n) is 13.9. The molecule has 23 heavy (non-hydrogen) atoms. The van der Waals surface area contributed by atoms with Gasteiger partial charge in [0.25, 0.3) is 0 Å². The highest BCUT2D eigenvalue weighted by Gasteiger charge is 2.52. The third-order valence-electron chi connectivity index (χ3n) is 5.49. The molecule has 2 heterocycles. The number of aliphatic hydroxyl groups is 2. The van der Waals surface area contributed by atoms with E-state index in [4.69, 9.17) is 16.3 Å². The molecule has 2 saturated heterocycles. The number of halogens is 1. The highest BCUT2D eigenvalue weighted by Crippen LogP contribution is 2.40. The van der Waals surface area contributed by atoms with Crippen LogP contribution in [0.5, 0.6) is 0 Å². The maximum atomic E-state index is 10.6. The number of piperidine rings is 1. The minimum atomic E-state index is -1.05. The second-order valence-corrected chi connectivity index (χ2v) is 7.71. The summed E-state index contributed by atoms with van der Waals surface area (Å²) < 4.78 is 5.94. The van der Waals surface area contributed by atoms with Crippen molar-refractivity contribution in [3.8, 4) is 0 Å². The zero-order chi connectivity index (χ0) is 16.7.